The molecule has 1 saturated carbocycles. The van der Waals surface area contributed by atoms with E-state index in [2.05, 4.69) is 12.2 Å². The van der Waals surface area contributed by atoms with Crippen molar-refractivity contribution in [1.82, 2.24) is 10.2 Å². The van der Waals surface area contributed by atoms with Crippen LogP contribution in [0, 0.1) is 11.3 Å². The fraction of sp³-hybridized carbons (Fsp3) is 0.833. The standard InChI is InChI=1S/C12H20N2O3/c1-8-6-9(8)13-11(17)14-5-3-4-12(2,7-14)10(15)16/h8-9H,3-7H2,1-2H3,(H,13,17)(H,15,16). The molecule has 0 radical (unpaired) electrons. The first-order valence-corrected chi connectivity index (χ1v) is 6.21. The summed E-state index contributed by atoms with van der Waals surface area (Å²) < 4.78 is 0. The second kappa shape index (κ2) is 4.20. The van der Waals surface area contributed by atoms with Crippen molar-refractivity contribution in [1.29, 1.82) is 0 Å². The highest BCUT2D eigenvalue weighted by atomic mass is 16.4. The van der Waals surface area contributed by atoms with Crippen molar-refractivity contribution < 1.29 is 14.7 Å². The Hall–Kier alpha value is -1.26. The monoisotopic (exact) mass is 240 g/mol. The minimum atomic E-state index is -0.810. The molecule has 0 spiro atoms. The van der Waals surface area contributed by atoms with Crippen LogP contribution >= 0.6 is 0 Å². The molecule has 0 bridgehead atoms. The highest BCUT2D eigenvalue weighted by Crippen LogP contribution is 2.32. The molecule has 0 aromatic rings. The molecule has 1 heterocycles. The van der Waals surface area contributed by atoms with E-state index in [-0.39, 0.29) is 6.03 Å². The predicted octanol–water partition coefficient (Wildman–Crippen LogP) is 1.29. The predicted molar refractivity (Wildman–Crippen MR) is 62.7 cm³/mol. The van der Waals surface area contributed by atoms with Crippen LogP contribution in [0.25, 0.3) is 0 Å². The molecule has 2 aliphatic rings. The number of rotatable bonds is 2. The number of carboxylic acid groups (broad SMARTS) is 1. The first-order valence-electron chi connectivity index (χ1n) is 6.21. The van der Waals surface area contributed by atoms with E-state index >= 15 is 0 Å². The molecule has 1 aliphatic heterocycles. The summed E-state index contributed by atoms with van der Waals surface area (Å²) >= 11 is 0. The number of aliphatic carboxylic acids is 1. The largest absolute Gasteiger partial charge is 0.481 e. The highest BCUT2D eigenvalue weighted by Gasteiger charge is 2.41. The van der Waals surface area contributed by atoms with Crippen molar-refractivity contribution in [3.8, 4) is 0 Å². The molecule has 2 fully saturated rings. The molecule has 17 heavy (non-hydrogen) atoms. The number of carbonyl (C=O) groups excluding carboxylic acids is 1. The van der Waals surface area contributed by atoms with E-state index in [1.807, 2.05) is 0 Å². The third-order valence-electron chi connectivity index (χ3n) is 3.92. The van der Waals surface area contributed by atoms with Gasteiger partial charge in [-0.05, 0) is 32.1 Å². The first kappa shape index (κ1) is 12.2. The van der Waals surface area contributed by atoms with Crippen LogP contribution in [0.15, 0.2) is 0 Å². The maximum atomic E-state index is 11.9. The van der Waals surface area contributed by atoms with E-state index in [0.29, 0.717) is 31.5 Å². The lowest BCUT2D eigenvalue weighted by Gasteiger charge is -2.37. The zero-order valence-corrected chi connectivity index (χ0v) is 10.4. The molecule has 1 aliphatic carbocycles. The van der Waals surface area contributed by atoms with Gasteiger partial charge in [0.1, 0.15) is 0 Å². The second-order valence-corrected chi connectivity index (χ2v) is 5.66. The van der Waals surface area contributed by atoms with Crippen LogP contribution < -0.4 is 5.32 Å². The minimum absolute atomic E-state index is 0.105. The molecule has 2 amide bonds. The SMILES string of the molecule is CC1CC1NC(=O)N1CCCC(C)(C(=O)O)C1. The van der Waals surface area contributed by atoms with Crippen molar-refractivity contribution in [2.24, 2.45) is 11.3 Å². The zero-order chi connectivity index (χ0) is 12.6. The van der Waals surface area contributed by atoms with Gasteiger partial charge in [-0.25, -0.2) is 4.79 Å². The molecule has 3 atom stereocenters. The summed E-state index contributed by atoms with van der Waals surface area (Å²) in [6.07, 6.45) is 2.44. The van der Waals surface area contributed by atoms with Gasteiger partial charge in [0.15, 0.2) is 0 Å². The van der Waals surface area contributed by atoms with Gasteiger partial charge in [0.2, 0.25) is 0 Å². The third-order valence-corrected chi connectivity index (χ3v) is 3.92. The Morgan fingerprint density at radius 2 is 2.12 bits per heavy atom. The number of hydrogen-bond acceptors (Lipinski definition) is 2. The maximum absolute atomic E-state index is 11.9. The summed E-state index contributed by atoms with van der Waals surface area (Å²) in [5.41, 5.74) is -0.787. The Balaban J connectivity index is 1.92. The highest BCUT2D eigenvalue weighted by molar-refractivity contribution is 5.78. The number of nitrogens with one attached hydrogen (secondary N) is 1. The second-order valence-electron chi connectivity index (χ2n) is 5.66. The summed E-state index contributed by atoms with van der Waals surface area (Å²) in [4.78, 5) is 24.7. The normalized spacial score (nSPS) is 36.5. The fourth-order valence-electron chi connectivity index (χ4n) is 2.36. The zero-order valence-electron chi connectivity index (χ0n) is 10.4. The van der Waals surface area contributed by atoms with Gasteiger partial charge in [-0.3, -0.25) is 4.79 Å². The minimum Gasteiger partial charge on any atom is -0.481 e. The first-order chi connectivity index (χ1) is 7.92. The lowest BCUT2D eigenvalue weighted by molar-refractivity contribution is -0.150. The van der Waals surface area contributed by atoms with Gasteiger partial charge in [0, 0.05) is 19.1 Å². The lowest BCUT2D eigenvalue weighted by atomic mass is 9.82. The van der Waals surface area contributed by atoms with Crippen LogP contribution in [0.4, 0.5) is 4.79 Å². The number of hydrogen-bond donors (Lipinski definition) is 2. The van der Waals surface area contributed by atoms with Crippen molar-refractivity contribution in [3.05, 3.63) is 0 Å². The number of carboxylic acids is 1. The molecule has 5 heteroatoms. The summed E-state index contributed by atoms with van der Waals surface area (Å²) in [7, 11) is 0. The summed E-state index contributed by atoms with van der Waals surface area (Å²) in [6, 6.07) is 0.187. The number of carbonyl (C=O) groups is 2. The average molecular weight is 240 g/mol. The quantitative estimate of drug-likeness (QED) is 0.764. The molecule has 1 saturated heterocycles. The molecular weight excluding hydrogens is 220 g/mol. The molecule has 3 unspecified atom stereocenters. The van der Waals surface area contributed by atoms with Crippen LogP contribution in [-0.2, 0) is 4.79 Å². The van der Waals surface area contributed by atoms with Crippen molar-refractivity contribution in [3.63, 3.8) is 0 Å². The summed E-state index contributed by atoms with van der Waals surface area (Å²) in [6.45, 7) is 4.79. The van der Waals surface area contributed by atoms with Gasteiger partial charge in [0.05, 0.1) is 5.41 Å². The van der Waals surface area contributed by atoms with E-state index < -0.39 is 11.4 Å². The summed E-state index contributed by atoms with van der Waals surface area (Å²) in [5, 5.41) is 12.1. The van der Waals surface area contributed by atoms with Crippen molar-refractivity contribution in [2.45, 2.75) is 39.2 Å². The smallest absolute Gasteiger partial charge is 0.317 e. The fourth-order valence-corrected chi connectivity index (χ4v) is 2.36. The molecular formula is C12H20N2O3. The van der Waals surface area contributed by atoms with E-state index in [9.17, 15) is 14.7 Å². The number of amides is 2. The van der Waals surface area contributed by atoms with Gasteiger partial charge in [-0.2, -0.15) is 0 Å². The molecule has 5 nitrogen and oxygen atoms in total. The molecule has 0 aromatic carbocycles. The van der Waals surface area contributed by atoms with Gasteiger partial charge in [0.25, 0.3) is 0 Å². The van der Waals surface area contributed by atoms with Crippen LogP contribution in [-0.4, -0.2) is 41.1 Å². The summed E-state index contributed by atoms with van der Waals surface area (Å²) in [5.74, 6) is -0.246. The van der Waals surface area contributed by atoms with E-state index in [1.54, 1.807) is 11.8 Å². The Morgan fingerprint density at radius 1 is 1.47 bits per heavy atom. The molecule has 2 rings (SSSR count). The van der Waals surface area contributed by atoms with Crippen molar-refractivity contribution in [2.75, 3.05) is 13.1 Å². The number of likely N-dealkylation sites (tertiary alicyclic amines) is 1. The lowest BCUT2D eigenvalue weighted by Crippen LogP contribution is -2.52. The maximum Gasteiger partial charge on any atom is 0.317 e. The third kappa shape index (κ3) is 2.53. The van der Waals surface area contributed by atoms with Crippen LogP contribution in [0.2, 0.25) is 0 Å². The topological polar surface area (TPSA) is 69.6 Å². The van der Waals surface area contributed by atoms with Gasteiger partial charge in [-0.15, -0.1) is 0 Å². The average Bonchev–Trinajstić information content (AvgIpc) is 2.94. The van der Waals surface area contributed by atoms with Crippen LogP contribution in [0.5, 0.6) is 0 Å². The van der Waals surface area contributed by atoms with Gasteiger partial charge in [-0.1, -0.05) is 6.92 Å². The van der Waals surface area contributed by atoms with E-state index in [4.69, 9.17) is 0 Å². The van der Waals surface area contributed by atoms with Crippen LogP contribution in [0.1, 0.15) is 33.1 Å². The Bertz CT molecular complexity index is 345. The Kier molecular flexibility index (Phi) is 3.02. The Labute approximate surface area is 101 Å². The molecule has 96 valence electrons. The molecule has 0 aromatic heterocycles. The number of piperidine rings is 1. The van der Waals surface area contributed by atoms with E-state index in [1.165, 1.54) is 0 Å². The van der Waals surface area contributed by atoms with Crippen LogP contribution in [0.3, 0.4) is 0 Å². The van der Waals surface area contributed by atoms with Crippen molar-refractivity contribution >= 4 is 12.0 Å². The van der Waals surface area contributed by atoms with E-state index in [0.717, 1.165) is 12.8 Å². The van der Waals surface area contributed by atoms with Gasteiger partial charge >= 0.3 is 12.0 Å². The number of nitrogens with zero attached hydrogens (tertiary/aromatic N) is 1. The Morgan fingerprint density at radius 3 is 2.65 bits per heavy atom. The number of urea groups is 1. The molecule has 2 N–H and O–H groups in total. The van der Waals surface area contributed by atoms with Gasteiger partial charge < -0.3 is 15.3 Å².